The summed E-state index contributed by atoms with van der Waals surface area (Å²) in [5.74, 6) is 0.692. The molecular weight excluding hydrogens is 330 g/mol. The molecule has 1 aliphatic carbocycles. The first-order valence-corrected chi connectivity index (χ1v) is 9.45. The highest BCUT2D eigenvalue weighted by Gasteiger charge is 2.24. The van der Waals surface area contributed by atoms with Crippen molar-refractivity contribution in [2.45, 2.75) is 51.6 Å². The summed E-state index contributed by atoms with van der Waals surface area (Å²) < 4.78 is 1.76. The molecule has 3 atom stereocenters. The predicted molar refractivity (Wildman–Crippen MR) is 105 cm³/mol. The van der Waals surface area contributed by atoms with Crippen LogP contribution in [0.2, 0.25) is 0 Å². The monoisotopic (exact) mass is 357 g/mol. The lowest BCUT2D eigenvalue weighted by molar-refractivity contribution is 0.294. The van der Waals surface area contributed by atoms with E-state index < -0.39 is 0 Å². The van der Waals surface area contributed by atoms with Crippen molar-refractivity contribution in [1.82, 2.24) is 25.0 Å². The van der Waals surface area contributed by atoms with Crippen LogP contribution < -0.4 is 5.32 Å². The lowest BCUT2D eigenvalue weighted by Crippen LogP contribution is -2.47. The molecule has 1 aromatic heterocycles. The third-order valence-electron chi connectivity index (χ3n) is 5.38. The van der Waals surface area contributed by atoms with Crippen molar-refractivity contribution < 1.29 is 0 Å². The van der Waals surface area contributed by atoms with Gasteiger partial charge in [0.2, 0.25) is 0 Å². The Morgan fingerprint density at radius 1 is 1.28 bits per heavy atom. The van der Waals surface area contributed by atoms with Gasteiger partial charge in [-0.1, -0.05) is 31.9 Å². The average molecular weight is 358 g/mol. The first-order valence-electron chi connectivity index (χ1n) is 9.04. The summed E-state index contributed by atoms with van der Waals surface area (Å²) in [7, 11) is 2.07. The molecule has 0 spiro atoms. The van der Waals surface area contributed by atoms with Crippen LogP contribution in [-0.2, 0) is 0 Å². The van der Waals surface area contributed by atoms with E-state index in [9.17, 15) is 0 Å². The zero-order valence-corrected chi connectivity index (χ0v) is 16.0. The van der Waals surface area contributed by atoms with Gasteiger partial charge < -0.3 is 10.2 Å². The van der Waals surface area contributed by atoms with E-state index in [1.54, 1.807) is 17.3 Å². The molecule has 25 heavy (non-hydrogen) atoms. The maximum absolute atomic E-state index is 5.67. The Hall–Kier alpha value is -1.95. The van der Waals surface area contributed by atoms with Gasteiger partial charge in [-0.25, -0.2) is 9.67 Å². The molecule has 1 fully saturated rings. The number of benzene rings is 1. The second-order valence-corrected chi connectivity index (χ2v) is 7.42. The zero-order valence-electron chi connectivity index (χ0n) is 15.2. The van der Waals surface area contributed by atoms with E-state index >= 15 is 0 Å². The van der Waals surface area contributed by atoms with E-state index in [1.807, 2.05) is 0 Å². The average Bonchev–Trinajstić information content (AvgIpc) is 3.17. The van der Waals surface area contributed by atoms with Gasteiger partial charge in [0.1, 0.15) is 12.7 Å². The minimum atomic E-state index is 0.212. The van der Waals surface area contributed by atoms with Crippen LogP contribution in [0.4, 0.5) is 0 Å². The number of nitrogens with one attached hydrogen (secondary N) is 1. The van der Waals surface area contributed by atoms with E-state index in [-0.39, 0.29) is 6.04 Å². The van der Waals surface area contributed by atoms with Crippen LogP contribution >= 0.6 is 12.2 Å². The molecule has 6 heteroatoms. The van der Waals surface area contributed by atoms with Gasteiger partial charge in [-0.05, 0) is 55.6 Å². The fraction of sp³-hybridized carbons (Fsp3) is 0.526. The maximum Gasteiger partial charge on any atom is 0.169 e. The maximum atomic E-state index is 5.67. The Bertz CT molecular complexity index is 682. The van der Waals surface area contributed by atoms with Crippen LogP contribution in [-0.4, -0.2) is 37.9 Å². The molecule has 1 N–H and O–H groups in total. The number of nitrogens with zero attached hydrogens (tertiary/aromatic N) is 4. The highest BCUT2D eigenvalue weighted by atomic mass is 32.1. The fourth-order valence-corrected chi connectivity index (χ4v) is 3.75. The number of rotatable bonds is 4. The molecular formula is C19H27N5S. The summed E-state index contributed by atoms with van der Waals surface area (Å²) in [6, 6.07) is 9.10. The first-order chi connectivity index (χ1) is 12.1. The van der Waals surface area contributed by atoms with Crippen LogP contribution in [0.25, 0.3) is 5.69 Å². The molecule has 1 saturated carbocycles. The van der Waals surface area contributed by atoms with Gasteiger partial charge in [0.05, 0.1) is 11.7 Å². The summed E-state index contributed by atoms with van der Waals surface area (Å²) in [6.45, 7) is 4.51. The molecule has 134 valence electrons. The molecule has 1 aliphatic rings. The van der Waals surface area contributed by atoms with E-state index in [0.29, 0.717) is 12.0 Å². The topological polar surface area (TPSA) is 46.0 Å². The molecule has 1 heterocycles. The summed E-state index contributed by atoms with van der Waals surface area (Å²) in [4.78, 5) is 6.14. The van der Waals surface area contributed by atoms with Crippen LogP contribution in [0, 0.1) is 5.92 Å². The standard InChI is InChI=1S/C19H27N5S/c1-14-6-4-5-7-18(14)22-19(25)23(3)15(2)16-8-10-17(11-9-16)24-13-20-12-21-24/h8-15,18H,4-7H2,1-3H3,(H,22,25)/t14-,15-,18+/m0/s1. The Labute approximate surface area is 155 Å². The fourth-order valence-electron chi connectivity index (χ4n) is 3.44. The molecule has 5 nitrogen and oxygen atoms in total. The van der Waals surface area contributed by atoms with Crippen molar-refractivity contribution in [2.24, 2.45) is 5.92 Å². The van der Waals surface area contributed by atoms with E-state index in [0.717, 1.165) is 10.8 Å². The van der Waals surface area contributed by atoms with E-state index in [1.165, 1.54) is 31.2 Å². The van der Waals surface area contributed by atoms with Crippen LogP contribution in [0.3, 0.4) is 0 Å². The number of thiocarbonyl (C=S) groups is 1. The number of hydrogen-bond acceptors (Lipinski definition) is 3. The van der Waals surface area contributed by atoms with Gasteiger partial charge >= 0.3 is 0 Å². The molecule has 0 saturated heterocycles. The Morgan fingerprint density at radius 3 is 2.64 bits per heavy atom. The first kappa shape index (κ1) is 17.9. The molecule has 0 radical (unpaired) electrons. The van der Waals surface area contributed by atoms with E-state index in [2.05, 4.69) is 65.5 Å². The Morgan fingerprint density at radius 2 is 2.00 bits per heavy atom. The second-order valence-electron chi connectivity index (χ2n) is 7.04. The molecule has 2 aromatic rings. The van der Waals surface area contributed by atoms with Crippen molar-refractivity contribution in [3.63, 3.8) is 0 Å². The van der Waals surface area contributed by atoms with Gasteiger partial charge in [-0.3, -0.25) is 0 Å². The number of aromatic nitrogens is 3. The van der Waals surface area contributed by atoms with Crippen molar-refractivity contribution >= 4 is 17.3 Å². The second kappa shape index (κ2) is 7.95. The molecule has 3 rings (SSSR count). The lowest BCUT2D eigenvalue weighted by Gasteiger charge is -2.35. The van der Waals surface area contributed by atoms with Crippen molar-refractivity contribution in [3.05, 3.63) is 42.5 Å². The minimum absolute atomic E-state index is 0.212. The predicted octanol–water partition coefficient (Wildman–Crippen LogP) is 3.71. The van der Waals surface area contributed by atoms with Gasteiger partial charge in [0.25, 0.3) is 0 Å². The third kappa shape index (κ3) is 4.18. The Balaban J connectivity index is 1.63. The largest absolute Gasteiger partial charge is 0.360 e. The summed E-state index contributed by atoms with van der Waals surface area (Å²) in [5, 5.41) is 8.59. The van der Waals surface area contributed by atoms with Crippen molar-refractivity contribution in [2.75, 3.05) is 7.05 Å². The molecule has 0 amide bonds. The molecule has 1 aromatic carbocycles. The molecule has 0 bridgehead atoms. The highest BCUT2D eigenvalue weighted by Crippen LogP contribution is 2.25. The van der Waals surface area contributed by atoms with Gasteiger partial charge in [-0.2, -0.15) is 5.10 Å². The van der Waals surface area contributed by atoms with Crippen LogP contribution in [0.1, 0.15) is 51.1 Å². The molecule has 0 unspecified atom stereocenters. The van der Waals surface area contributed by atoms with Gasteiger partial charge in [0, 0.05) is 13.1 Å². The molecule has 0 aliphatic heterocycles. The normalized spacial score (nSPS) is 21.6. The summed E-state index contributed by atoms with van der Waals surface area (Å²) >= 11 is 5.67. The van der Waals surface area contributed by atoms with E-state index in [4.69, 9.17) is 12.2 Å². The SMILES string of the molecule is C[C@H]1CCCC[C@H]1NC(=S)N(C)[C@@H](C)c1ccc(-n2cncn2)cc1. The highest BCUT2D eigenvalue weighted by molar-refractivity contribution is 7.80. The lowest BCUT2D eigenvalue weighted by atomic mass is 9.86. The summed E-state index contributed by atoms with van der Waals surface area (Å²) in [6.07, 6.45) is 8.40. The van der Waals surface area contributed by atoms with Gasteiger partial charge in [0.15, 0.2) is 5.11 Å². The van der Waals surface area contributed by atoms with Crippen LogP contribution in [0.15, 0.2) is 36.9 Å². The minimum Gasteiger partial charge on any atom is -0.360 e. The smallest absolute Gasteiger partial charge is 0.169 e. The Kier molecular flexibility index (Phi) is 5.68. The summed E-state index contributed by atoms with van der Waals surface area (Å²) in [5.41, 5.74) is 2.24. The van der Waals surface area contributed by atoms with Crippen molar-refractivity contribution in [1.29, 1.82) is 0 Å². The van der Waals surface area contributed by atoms with Crippen molar-refractivity contribution in [3.8, 4) is 5.69 Å². The third-order valence-corrected chi connectivity index (χ3v) is 5.79. The quantitative estimate of drug-likeness (QED) is 0.845. The van der Waals surface area contributed by atoms with Crippen LogP contribution in [0.5, 0.6) is 0 Å². The number of hydrogen-bond donors (Lipinski definition) is 1. The van der Waals surface area contributed by atoms with Gasteiger partial charge in [-0.15, -0.1) is 0 Å². The zero-order chi connectivity index (χ0) is 17.8.